The summed E-state index contributed by atoms with van der Waals surface area (Å²) in [5.74, 6) is 2.48. The number of likely N-dealkylation sites (N-methyl/N-ethyl adjacent to an activating group) is 2. The second-order valence-corrected chi connectivity index (χ2v) is 44.5. The number of hydrogen-bond acceptors (Lipinski definition) is 26. The van der Waals surface area contributed by atoms with Crippen LogP contribution in [0.4, 0.5) is 32.8 Å². The van der Waals surface area contributed by atoms with Gasteiger partial charge in [-0.1, -0.05) is 78.9 Å². The minimum atomic E-state index is -3.90. The summed E-state index contributed by atoms with van der Waals surface area (Å²) in [7, 11) is -7.30. The molecule has 5 fully saturated rings. The van der Waals surface area contributed by atoms with Gasteiger partial charge in [0.25, 0.3) is 50.1 Å². The van der Waals surface area contributed by atoms with E-state index in [4.69, 9.17) is 23.7 Å². The lowest BCUT2D eigenvalue weighted by atomic mass is 10.1. The van der Waals surface area contributed by atoms with E-state index in [0.29, 0.717) is 100 Å². The highest BCUT2D eigenvalue weighted by molar-refractivity contribution is 7.91. The molecule has 37 heteroatoms. The number of nitrogens with zero attached hydrogens (tertiary/aromatic N) is 14. The first-order valence-corrected chi connectivity index (χ1v) is 54.3. The Hall–Kier alpha value is -14.2. The Labute approximate surface area is 833 Å². The van der Waals surface area contributed by atoms with Crippen LogP contribution >= 0.6 is 0 Å². The number of ether oxygens (including phenoxy) is 5. The van der Waals surface area contributed by atoms with E-state index in [1.165, 1.54) is 104 Å². The molecule has 0 atom stereocenters. The van der Waals surface area contributed by atoms with E-state index in [1.54, 1.807) is 224 Å². The van der Waals surface area contributed by atoms with Crippen LogP contribution in [0.25, 0.3) is 54.5 Å². The predicted octanol–water partition coefficient (Wildman–Crippen LogP) is 17.2. The fourth-order valence-electron chi connectivity index (χ4n) is 18.9. The van der Waals surface area contributed by atoms with Crippen LogP contribution in [0.15, 0.2) is 268 Å². The van der Waals surface area contributed by atoms with E-state index in [-0.39, 0.29) is 41.4 Å². The highest BCUT2D eigenvalue weighted by Gasteiger charge is 2.33. The van der Waals surface area contributed by atoms with Gasteiger partial charge in [0, 0.05) is 161 Å². The normalized spacial score (nSPS) is 15.2. The molecule has 0 bridgehead atoms. The van der Waals surface area contributed by atoms with Crippen molar-refractivity contribution in [2.24, 2.45) is 0 Å². The number of piperazine rings is 2. The van der Waals surface area contributed by atoms with Crippen molar-refractivity contribution >= 4 is 145 Å². The molecular weight excluding hydrogens is 1920 g/mol. The van der Waals surface area contributed by atoms with Gasteiger partial charge in [-0.05, 0) is 219 Å². The number of para-hydroxylation sites is 4. The minimum absolute atomic E-state index is 0.158. The Morgan fingerprint density at radius 3 is 0.811 bits per heavy atom. The molecule has 20 rings (SSSR count). The minimum Gasteiger partial charge on any atom is -0.495 e. The van der Waals surface area contributed by atoms with Crippen molar-refractivity contribution < 1.29 is 79.8 Å². The second-order valence-electron chi connectivity index (χ2n) is 35.5. The number of anilines is 5. The monoisotopic (exact) mass is 2030 g/mol. The standard InChI is InChI=1S/C22H25N3O4S.C22H24N2O4S.C21H22N4O3S.C21H21N3O3S.C20H21FN2O3S/c1-16(26)19-15-25(20-7-5-4-6-18(19)20)30(27,28)17-8-9-22(29-3)21(14-17)24-12-10-23(2)11-13-24;1-16(25)19-15-24(20-9-5-4-8-18(19)20)29(26,27)17-10-11-22(28-2)21(14-17)23-12-6-3-7-13-23;1-23-9-11-24(12-10-23)20-13-17(7-8-21(20)28-2)29(26,27)25-15-16(14-22)18-5-3-4-6-19(18)25;1-27-21-10-9-17(13-20(21)23-11-5-2-6-12-23)28(25,26)24-15-16(14-22)18-7-3-4-8-19(18)24;1-26-20-9-8-15(14-19(20)22-11-3-2-4-12-22)27(24,25)23-13-10-16-17(21)6-5-7-18(16)23/h4-9,14-15H,10-13H2,1-3H3;4-5,8-11,14-15H,3,6-7,12-13H2,1-2H3;3-8,13,15H,9-12H2,1-2H3;3-4,7-10,13,15H,2,5-6,11-12H2,1H3;5-10,13-14H,2-4,11-12H2,1H3. The zero-order chi connectivity index (χ0) is 101. The van der Waals surface area contributed by atoms with Crippen molar-refractivity contribution in [1.82, 2.24) is 29.7 Å². The number of methoxy groups -OCH3 is 5. The predicted molar refractivity (Wildman–Crippen MR) is 555 cm³/mol. The first kappa shape index (κ1) is 102. The van der Waals surface area contributed by atoms with Gasteiger partial charge in [0.2, 0.25) is 0 Å². The molecule has 31 nitrogen and oxygen atoms in total. The SMILES string of the molecule is COc1ccc(S(=O)(=O)n2cc(C#N)c3ccccc32)cc1N1CCCCC1.COc1ccc(S(=O)(=O)n2cc(C#N)c3ccccc32)cc1N1CCN(C)CC1.COc1ccc(S(=O)(=O)n2cc(C(C)=O)c3ccccc32)cc1N1CCCCC1.COc1ccc(S(=O)(=O)n2cc(C(C)=O)c3ccccc32)cc1N1CCN(C)CC1.COc1ccc(S(=O)(=O)n2ccc3c(F)cccc32)cc1N1CCCCC1. The fourth-order valence-corrected chi connectivity index (χ4v) is 25.8. The Morgan fingerprint density at radius 2 is 0.531 bits per heavy atom. The van der Waals surface area contributed by atoms with Crippen molar-refractivity contribution in [3.8, 4) is 40.9 Å². The van der Waals surface area contributed by atoms with Crippen LogP contribution in [0.5, 0.6) is 28.7 Å². The maximum atomic E-state index is 14.0. The van der Waals surface area contributed by atoms with E-state index >= 15 is 0 Å². The van der Waals surface area contributed by atoms with E-state index in [0.717, 1.165) is 163 Å². The number of halogens is 1. The number of fused-ring (bicyclic) bond motifs is 5. The lowest BCUT2D eigenvalue weighted by molar-refractivity contribution is 0.101. The van der Waals surface area contributed by atoms with Crippen LogP contribution in [0.3, 0.4) is 0 Å². The van der Waals surface area contributed by atoms with Gasteiger partial charge >= 0.3 is 0 Å². The third kappa shape index (κ3) is 20.8. The van der Waals surface area contributed by atoms with E-state index < -0.39 is 55.9 Å². The van der Waals surface area contributed by atoms with Crippen molar-refractivity contribution in [2.45, 2.75) is 96.1 Å². The Morgan fingerprint density at radius 1 is 0.287 bits per heavy atom. The van der Waals surface area contributed by atoms with Gasteiger partial charge < -0.3 is 58.0 Å². The molecule has 0 aliphatic carbocycles. The van der Waals surface area contributed by atoms with Crippen molar-refractivity contribution in [1.29, 1.82) is 10.5 Å². The number of piperidine rings is 3. The Bertz CT molecular complexity index is 8010. The molecule has 5 saturated heterocycles. The van der Waals surface area contributed by atoms with Crippen LogP contribution in [0.1, 0.15) is 103 Å². The molecule has 10 heterocycles. The van der Waals surface area contributed by atoms with Crippen LogP contribution in [0.2, 0.25) is 0 Å². The van der Waals surface area contributed by atoms with Gasteiger partial charge in [0.15, 0.2) is 11.6 Å². The highest BCUT2D eigenvalue weighted by atomic mass is 32.2. The Balaban J connectivity index is 0.000000128. The zero-order valence-electron chi connectivity index (χ0n) is 81.0. The summed E-state index contributed by atoms with van der Waals surface area (Å²) in [6.07, 6.45) is 17.0. The number of nitriles is 2. The molecule has 10 aromatic carbocycles. The molecule has 746 valence electrons. The summed E-state index contributed by atoms with van der Waals surface area (Å²) < 4.78 is 182. The summed E-state index contributed by atoms with van der Waals surface area (Å²) in [6.45, 7) is 14.9. The first-order valence-electron chi connectivity index (χ1n) is 47.1. The van der Waals surface area contributed by atoms with Crippen LogP contribution in [-0.4, -0.2) is 225 Å². The van der Waals surface area contributed by atoms with Gasteiger partial charge in [0.05, 0.1) is 127 Å². The van der Waals surface area contributed by atoms with Gasteiger partial charge in [-0.25, -0.2) is 66.3 Å². The van der Waals surface area contributed by atoms with Crippen LogP contribution in [-0.2, 0) is 50.1 Å². The summed E-state index contributed by atoms with van der Waals surface area (Å²) in [5, 5.41) is 21.6. The summed E-state index contributed by atoms with van der Waals surface area (Å²) in [4.78, 5) is 40.2. The summed E-state index contributed by atoms with van der Waals surface area (Å²) in [6, 6.07) is 62.8. The average Bonchev–Trinajstić information content (AvgIpc) is 1.64. The number of ketones is 2. The molecule has 0 N–H and O–H groups in total. The fraction of sp³-hybridized carbons (Fsp3) is 0.302. The number of rotatable bonds is 22. The largest absolute Gasteiger partial charge is 0.495 e. The smallest absolute Gasteiger partial charge is 0.268 e. The quantitative estimate of drug-likeness (QED) is 0.0569. The van der Waals surface area contributed by atoms with Gasteiger partial charge in [-0.3, -0.25) is 9.59 Å². The molecule has 5 aliphatic heterocycles. The first-order chi connectivity index (χ1) is 68.8. The molecule has 5 aromatic heterocycles. The number of carbonyl (C=O) groups is 2. The molecule has 0 radical (unpaired) electrons. The number of aromatic nitrogens is 5. The molecular formula is C106H113FN14O17S5. The van der Waals surface area contributed by atoms with E-state index in [2.05, 4.69) is 60.5 Å². The lowest BCUT2D eigenvalue weighted by Gasteiger charge is -2.34. The second kappa shape index (κ2) is 43.3. The molecule has 143 heavy (non-hydrogen) atoms. The van der Waals surface area contributed by atoms with Crippen molar-refractivity contribution in [3.05, 3.63) is 271 Å². The lowest BCUT2D eigenvalue weighted by Crippen LogP contribution is -2.44. The van der Waals surface area contributed by atoms with E-state index in [9.17, 15) is 66.6 Å². The molecule has 0 unspecified atom stereocenters. The number of Topliss-reactive ketones (excluding diaryl/α,β-unsaturated/α-hetero) is 2. The molecule has 15 aromatic rings. The van der Waals surface area contributed by atoms with Crippen LogP contribution in [0, 0.1) is 28.5 Å². The maximum Gasteiger partial charge on any atom is 0.268 e. The molecule has 0 amide bonds. The number of carbonyl (C=O) groups excluding carboxylic acids is 2. The number of benzene rings is 10. The average molecular weight is 2030 g/mol. The van der Waals surface area contributed by atoms with Crippen molar-refractivity contribution in [2.75, 3.05) is 166 Å². The zero-order valence-corrected chi connectivity index (χ0v) is 85.1. The molecule has 5 aliphatic rings. The maximum absolute atomic E-state index is 14.0. The Kier molecular flexibility index (Phi) is 30.8. The van der Waals surface area contributed by atoms with Crippen LogP contribution < -0.4 is 48.2 Å². The topological polar surface area (TPSA) is 346 Å². The summed E-state index contributed by atoms with van der Waals surface area (Å²) in [5.41, 5.74) is 7.62. The number of hydrogen-bond donors (Lipinski definition) is 0. The van der Waals surface area contributed by atoms with Gasteiger partial charge in [-0.2, -0.15) is 10.5 Å². The third-order valence-electron chi connectivity index (χ3n) is 26.7. The van der Waals surface area contributed by atoms with Gasteiger partial charge in [-0.15, -0.1) is 0 Å². The third-order valence-corrected chi connectivity index (χ3v) is 35.0. The van der Waals surface area contributed by atoms with Gasteiger partial charge in [0.1, 0.15) is 46.7 Å². The summed E-state index contributed by atoms with van der Waals surface area (Å²) >= 11 is 0. The van der Waals surface area contributed by atoms with Crippen molar-refractivity contribution in [3.63, 3.8) is 0 Å². The highest BCUT2D eigenvalue weighted by Crippen LogP contribution is 2.42. The van der Waals surface area contributed by atoms with E-state index in [1.807, 2.05) is 0 Å². The molecule has 0 spiro atoms. The molecule has 0 saturated carbocycles.